The van der Waals surface area contributed by atoms with E-state index in [1.165, 1.54) is 17.7 Å². The van der Waals surface area contributed by atoms with Gasteiger partial charge in [0.1, 0.15) is 0 Å². The van der Waals surface area contributed by atoms with Crippen molar-refractivity contribution in [2.75, 3.05) is 0 Å². The van der Waals surface area contributed by atoms with E-state index in [-0.39, 0.29) is 0 Å². The van der Waals surface area contributed by atoms with Gasteiger partial charge in [0.05, 0.1) is 0 Å². The van der Waals surface area contributed by atoms with Gasteiger partial charge < -0.3 is 5.32 Å². The molecule has 0 spiro atoms. The molecule has 4 heteroatoms. The van der Waals surface area contributed by atoms with Gasteiger partial charge in [0.2, 0.25) is 0 Å². The van der Waals surface area contributed by atoms with E-state index >= 15 is 0 Å². The first kappa shape index (κ1) is 7.53. The Hall–Kier alpha value is -0.120. The SMILES string of the molecule is Clc1ncc(CNC2CC2)s1. The van der Waals surface area contributed by atoms with E-state index in [1.54, 1.807) is 11.3 Å². The normalized spacial score (nSPS) is 17.2. The number of aromatic nitrogens is 1. The van der Waals surface area contributed by atoms with Crippen LogP contribution in [0.25, 0.3) is 0 Å². The average molecular weight is 189 g/mol. The largest absolute Gasteiger partial charge is 0.309 e. The van der Waals surface area contributed by atoms with Crippen LogP contribution in [0.1, 0.15) is 17.7 Å². The van der Waals surface area contributed by atoms with Gasteiger partial charge >= 0.3 is 0 Å². The van der Waals surface area contributed by atoms with Gasteiger partial charge in [0.15, 0.2) is 4.47 Å². The molecule has 0 saturated heterocycles. The molecule has 0 bridgehead atoms. The smallest absolute Gasteiger partial charge is 0.183 e. The second kappa shape index (κ2) is 3.09. The molecule has 1 N–H and O–H groups in total. The molecule has 0 amide bonds. The third-order valence-corrected chi connectivity index (χ3v) is 2.78. The molecule has 0 aliphatic heterocycles. The molecular formula is C7H9ClN2S. The molecule has 2 nitrogen and oxygen atoms in total. The van der Waals surface area contributed by atoms with E-state index in [9.17, 15) is 0 Å². The number of halogens is 1. The van der Waals surface area contributed by atoms with Gasteiger partial charge in [0.25, 0.3) is 0 Å². The summed E-state index contributed by atoms with van der Waals surface area (Å²) in [7, 11) is 0. The van der Waals surface area contributed by atoms with E-state index in [1.807, 2.05) is 6.20 Å². The Bertz CT molecular complexity index is 244. The first-order chi connectivity index (χ1) is 5.34. The van der Waals surface area contributed by atoms with Crippen molar-refractivity contribution in [1.29, 1.82) is 0 Å². The van der Waals surface area contributed by atoms with Crippen molar-refractivity contribution in [1.82, 2.24) is 10.3 Å². The highest BCUT2D eigenvalue weighted by Gasteiger charge is 2.20. The van der Waals surface area contributed by atoms with Gasteiger partial charge in [-0.2, -0.15) is 0 Å². The average Bonchev–Trinajstić information content (AvgIpc) is 2.72. The molecule has 60 valence electrons. The second-order valence-corrected chi connectivity index (χ2v) is 4.43. The Kier molecular flexibility index (Phi) is 2.11. The number of nitrogens with zero attached hydrogens (tertiary/aromatic N) is 1. The third kappa shape index (κ3) is 2.15. The van der Waals surface area contributed by atoms with E-state index < -0.39 is 0 Å². The summed E-state index contributed by atoms with van der Waals surface area (Å²) in [5.41, 5.74) is 0. The predicted octanol–water partition coefficient (Wildman–Crippen LogP) is 2.05. The van der Waals surface area contributed by atoms with E-state index in [2.05, 4.69) is 10.3 Å². The first-order valence-electron chi connectivity index (χ1n) is 3.68. The minimum atomic E-state index is 0.637. The molecule has 2 rings (SSSR count). The summed E-state index contributed by atoms with van der Waals surface area (Å²) in [6, 6.07) is 0.760. The standard InChI is InChI=1S/C7H9ClN2S/c8-7-10-4-6(11-7)3-9-5-1-2-5/h4-5,9H,1-3H2. The van der Waals surface area contributed by atoms with Crippen molar-refractivity contribution in [3.63, 3.8) is 0 Å². The van der Waals surface area contributed by atoms with Crippen LogP contribution >= 0.6 is 22.9 Å². The molecule has 1 aromatic heterocycles. The zero-order valence-electron chi connectivity index (χ0n) is 6.01. The van der Waals surface area contributed by atoms with Crippen molar-refractivity contribution in [3.8, 4) is 0 Å². The lowest BCUT2D eigenvalue weighted by atomic mass is 10.5. The molecule has 1 saturated carbocycles. The van der Waals surface area contributed by atoms with Crippen LogP contribution in [0.2, 0.25) is 4.47 Å². The molecule has 1 aromatic rings. The Labute approximate surface area is 74.6 Å². The quantitative estimate of drug-likeness (QED) is 0.786. The summed E-state index contributed by atoms with van der Waals surface area (Å²) < 4.78 is 0.637. The van der Waals surface area contributed by atoms with Crippen molar-refractivity contribution >= 4 is 22.9 Å². The van der Waals surface area contributed by atoms with Crippen molar-refractivity contribution in [3.05, 3.63) is 15.5 Å². The van der Waals surface area contributed by atoms with Gasteiger partial charge in [-0.3, -0.25) is 0 Å². The molecule has 0 atom stereocenters. The molecule has 1 aliphatic rings. The van der Waals surface area contributed by atoms with Crippen molar-refractivity contribution in [2.45, 2.75) is 25.4 Å². The van der Waals surface area contributed by atoms with Gasteiger partial charge in [-0.15, -0.1) is 11.3 Å². The van der Waals surface area contributed by atoms with Crippen molar-refractivity contribution in [2.24, 2.45) is 0 Å². The predicted molar refractivity (Wildman–Crippen MR) is 47.0 cm³/mol. The number of hydrogen-bond donors (Lipinski definition) is 1. The van der Waals surface area contributed by atoms with Crippen LogP contribution in [0.15, 0.2) is 6.20 Å². The third-order valence-electron chi connectivity index (χ3n) is 1.67. The summed E-state index contributed by atoms with van der Waals surface area (Å²) in [5, 5.41) is 3.40. The molecule has 1 aliphatic carbocycles. The van der Waals surface area contributed by atoms with Crippen LogP contribution in [-0.4, -0.2) is 11.0 Å². The molecule has 1 fully saturated rings. The zero-order chi connectivity index (χ0) is 7.68. The van der Waals surface area contributed by atoms with Crippen molar-refractivity contribution < 1.29 is 0 Å². The Balaban J connectivity index is 1.85. The number of rotatable bonds is 3. The van der Waals surface area contributed by atoms with Gasteiger partial charge in [0, 0.05) is 23.7 Å². The summed E-state index contributed by atoms with van der Waals surface area (Å²) in [6.45, 7) is 0.926. The molecular weight excluding hydrogens is 180 g/mol. The first-order valence-corrected chi connectivity index (χ1v) is 4.87. The number of nitrogens with one attached hydrogen (secondary N) is 1. The van der Waals surface area contributed by atoms with Gasteiger partial charge in [-0.05, 0) is 12.8 Å². The minimum absolute atomic E-state index is 0.637. The van der Waals surface area contributed by atoms with E-state index in [0.29, 0.717) is 4.47 Å². The van der Waals surface area contributed by atoms with Crippen LogP contribution in [0.4, 0.5) is 0 Å². The molecule has 11 heavy (non-hydrogen) atoms. The fraction of sp³-hybridized carbons (Fsp3) is 0.571. The Morgan fingerprint density at radius 1 is 1.73 bits per heavy atom. The highest BCUT2D eigenvalue weighted by molar-refractivity contribution is 7.15. The summed E-state index contributed by atoms with van der Waals surface area (Å²) in [6.07, 6.45) is 4.49. The lowest BCUT2D eigenvalue weighted by Crippen LogP contribution is -2.14. The van der Waals surface area contributed by atoms with Gasteiger partial charge in [-0.25, -0.2) is 4.98 Å². The highest BCUT2D eigenvalue weighted by atomic mass is 35.5. The van der Waals surface area contributed by atoms with E-state index in [4.69, 9.17) is 11.6 Å². The lowest BCUT2D eigenvalue weighted by molar-refractivity contribution is 0.694. The Morgan fingerprint density at radius 2 is 2.55 bits per heavy atom. The topological polar surface area (TPSA) is 24.9 Å². The maximum atomic E-state index is 5.67. The second-order valence-electron chi connectivity index (χ2n) is 2.73. The molecule has 0 unspecified atom stereocenters. The number of thiazole rings is 1. The monoisotopic (exact) mass is 188 g/mol. The summed E-state index contributed by atoms with van der Waals surface area (Å²) in [4.78, 5) is 5.18. The molecule has 0 aromatic carbocycles. The maximum Gasteiger partial charge on any atom is 0.183 e. The van der Waals surface area contributed by atoms with Crippen LogP contribution in [0.3, 0.4) is 0 Å². The number of hydrogen-bond acceptors (Lipinski definition) is 3. The maximum absolute atomic E-state index is 5.67. The van der Waals surface area contributed by atoms with Crippen LogP contribution in [-0.2, 0) is 6.54 Å². The summed E-state index contributed by atoms with van der Waals surface area (Å²) in [5.74, 6) is 0. The van der Waals surface area contributed by atoms with Gasteiger partial charge in [-0.1, -0.05) is 11.6 Å². The van der Waals surface area contributed by atoms with E-state index in [0.717, 1.165) is 12.6 Å². The summed E-state index contributed by atoms with van der Waals surface area (Å²) >= 11 is 7.22. The van der Waals surface area contributed by atoms with Crippen LogP contribution < -0.4 is 5.32 Å². The zero-order valence-corrected chi connectivity index (χ0v) is 7.58. The fourth-order valence-corrected chi connectivity index (χ4v) is 1.83. The highest BCUT2D eigenvalue weighted by Crippen LogP contribution is 2.21. The van der Waals surface area contributed by atoms with Crippen LogP contribution in [0.5, 0.6) is 0 Å². The Morgan fingerprint density at radius 3 is 3.09 bits per heavy atom. The van der Waals surface area contributed by atoms with Crippen LogP contribution in [0, 0.1) is 0 Å². The molecule has 1 heterocycles. The molecule has 0 radical (unpaired) electrons. The fourth-order valence-electron chi connectivity index (χ4n) is 0.898. The lowest BCUT2D eigenvalue weighted by Gasteiger charge is -1.96. The minimum Gasteiger partial charge on any atom is -0.309 e.